The minimum absolute atomic E-state index is 0.296. The summed E-state index contributed by atoms with van der Waals surface area (Å²) in [7, 11) is -4.39. The summed E-state index contributed by atoms with van der Waals surface area (Å²) in [6.45, 7) is 0. The van der Waals surface area contributed by atoms with Crippen LogP contribution in [-0.2, 0) is 16.2 Å². The van der Waals surface area contributed by atoms with E-state index in [0.29, 0.717) is 12.1 Å². The van der Waals surface area contributed by atoms with E-state index in [9.17, 15) is 36.1 Å². The number of alkyl halides is 3. The van der Waals surface area contributed by atoms with Crippen molar-refractivity contribution in [3.05, 3.63) is 64.0 Å². The van der Waals surface area contributed by atoms with Gasteiger partial charge in [-0.2, -0.15) is 13.2 Å². The molecule has 6 nitrogen and oxygen atoms in total. The summed E-state index contributed by atoms with van der Waals surface area (Å²) in [5, 5.41) is 10.7. The first-order valence-electron chi connectivity index (χ1n) is 6.15. The number of hydrogen-bond donors (Lipinski definition) is 1. The smallest absolute Gasteiger partial charge is 0.280 e. The lowest BCUT2D eigenvalue weighted by Gasteiger charge is -2.12. The molecule has 0 amide bonds. The van der Waals surface area contributed by atoms with Crippen LogP contribution in [0.15, 0.2) is 47.4 Å². The van der Waals surface area contributed by atoms with Gasteiger partial charge in [-0.3, -0.25) is 14.8 Å². The van der Waals surface area contributed by atoms with Crippen LogP contribution in [0.1, 0.15) is 5.56 Å². The molecule has 0 aliphatic rings. The van der Waals surface area contributed by atoms with Crippen molar-refractivity contribution in [1.29, 1.82) is 0 Å². The third kappa shape index (κ3) is 3.79. The van der Waals surface area contributed by atoms with Crippen LogP contribution in [0.3, 0.4) is 0 Å². The summed E-state index contributed by atoms with van der Waals surface area (Å²) < 4.78 is 77.1. The summed E-state index contributed by atoms with van der Waals surface area (Å²) in [5.41, 5.74) is -2.68. The number of rotatable bonds is 4. The van der Waals surface area contributed by atoms with Gasteiger partial charge in [0.2, 0.25) is 0 Å². The van der Waals surface area contributed by atoms with E-state index in [2.05, 4.69) is 0 Å². The second-order valence-electron chi connectivity index (χ2n) is 4.55. The molecule has 0 aliphatic heterocycles. The summed E-state index contributed by atoms with van der Waals surface area (Å²) in [5.74, 6) is -1.55. The average Bonchev–Trinajstić information content (AvgIpc) is 2.48. The quantitative estimate of drug-likeness (QED) is 0.510. The third-order valence-corrected chi connectivity index (χ3v) is 4.24. The van der Waals surface area contributed by atoms with Crippen molar-refractivity contribution in [2.75, 3.05) is 4.72 Å². The van der Waals surface area contributed by atoms with Crippen LogP contribution in [0.25, 0.3) is 0 Å². The van der Waals surface area contributed by atoms with Crippen LogP contribution in [0.2, 0.25) is 0 Å². The largest absolute Gasteiger partial charge is 0.419 e. The topological polar surface area (TPSA) is 89.3 Å². The molecule has 0 spiro atoms. The normalized spacial score (nSPS) is 12.0. The number of hydrogen-bond acceptors (Lipinski definition) is 4. The first-order valence-corrected chi connectivity index (χ1v) is 7.63. The standard InChI is InChI=1S/C13H8F4N2O4S/c14-12-5-4-8(6-11(12)13(15,16)17)18-24(22,23)10-3-1-2-9(7-10)19(20)21/h1-7,18H. The first kappa shape index (κ1) is 17.7. The van der Waals surface area contributed by atoms with Crippen LogP contribution >= 0.6 is 0 Å². The van der Waals surface area contributed by atoms with E-state index in [-0.39, 0.29) is 0 Å². The number of nitro benzene ring substituents is 1. The van der Waals surface area contributed by atoms with Crippen molar-refractivity contribution in [2.45, 2.75) is 11.1 Å². The van der Waals surface area contributed by atoms with E-state index in [1.165, 1.54) is 0 Å². The van der Waals surface area contributed by atoms with Crippen LogP contribution in [0.5, 0.6) is 0 Å². The van der Waals surface area contributed by atoms with E-state index >= 15 is 0 Å². The Morgan fingerprint density at radius 1 is 1.08 bits per heavy atom. The van der Waals surface area contributed by atoms with Gasteiger partial charge in [-0.1, -0.05) is 6.07 Å². The lowest BCUT2D eigenvalue weighted by atomic mass is 10.2. The molecular weight excluding hydrogens is 356 g/mol. The molecule has 0 fully saturated rings. The molecule has 0 atom stereocenters. The van der Waals surface area contributed by atoms with Crippen molar-refractivity contribution in [1.82, 2.24) is 0 Å². The molecule has 128 valence electrons. The molecule has 0 aliphatic carbocycles. The third-order valence-electron chi connectivity index (χ3n) is 2.86. The SMILES string of the molecule is O=[N+]([O-])c1cccc(S(=O)(=O)Nc2ccc(F)c(C(F)(F)F)c2)c1. The van der Waals surface area contributed by atoms with Gasteiger partial charge in [0.25, 0.3) is 15.7 Å². The molecule has 0 heterocycles. The molecule has 11 heteroatoms. The number of non-ortho nitro benzene ring substituents is 1. The predicted molar refractivity (Wildman–Crippen MR) is 75.3 cm³/mol. The highest BCUT2D eigenvalue weighted by molar-refractivity contribution is 7.92. The molecular formula is C13H8F4N2O4S. The van der Waals surface area contributed by atoms with E-state index in [1.54, 1.807) is 0 Å². The Hall–Kier alpha value is -2.69. The van der Waals surface area contributed by atoms with Gasteiger partial charge in [-0.15, -0.1) is 0 Å². The maximum Gasteiger partial charge on any atom is 0.419 e. The average molecular weight is 364 g/mol. The number of nitro groups is 1. The molecule has 0 saturated heterocycles. The van der Waals surface area contributed by atoms with Crippen molar-refractivity contribution >= 4 is 21.4 Å². The van der Waals surface area contributed by atoms with Gasteiger partial charge < -0.3 is 0 Å². The number of benzene rings is 2. The molecule has 0 aromatic heterocycles. The highest BCUT2D eigenvalue weighted by Gasteiger charge is 2.34. The van der Waals surface area contributed by atoms with Crippen LogP contribution in [0, 0.1) is 15.9 Å². The summed E-state index contributed by atoms with van der Waals surface area (Å²) >= 11 is 0. The molecule has 0 radical (unpaired) electrons. The maximum absolute atomic E-state index is 13.2. The van der Waals surface area contributed by atoms with Gasteiger partial charge in [0.05, 0.1) is 15.4 Å². The number of nitrogens with one attached hydrogen (secondary N) is 1. The Morgan fingerprint density at radius 2 is 1.75 bits per heavy atom. The molecule has 2 rings (SSSR count). The Labute approximate surface area is 132 Å². The van der Waals surface area contributed by atoms with Crippen molar-refractivity contribution < 1.29 is 30.9 Å². The maximum atomic E-state index is 13.2. The number of nitrogens with zero attached hydrogens (tertiary/aromatic N) is 1. The van der Waals surface area contributed by atoms with Crippen molar-refractivity contribution in [2.24, 2.45) is 0 Å². The van der Waals surface area contributed by atoms with Gasteiger partial charge in [-0.25, -0.2) is 12.8 Å². The molecule has 2 aromatic rings. The van der Waals surface area contributed by atoms with Crippen LogP contribution in [-0.4, -0.2) is 13.3 Å². The van der Waals surface area contributed by atoms with E-state index in [1.807, 2.05) is 4.72 Å². The van der Waals surface area contributed by atoms with Crippen molar-refractivity contribution in [3.63, 3.8) is 0 Å². The lowest BCUT2D eigenvalue weighted by Crippen LogP contribution is -2.15. The zero-order chi connectivity index (χ0) is 18.1. The van der Waals surface area contributed by atoms with Crippen molar-refractivity contribution in [3.8, 4) is 0 Å². The Bertz CT molecular complexity index is 897. The molecule has 1 N–H and O–H groups in total. The molecule has 0 saturated carbocycles. The fraction of sp³-hybridized carbons (Fsp3) is 0.0769. The molecule has 24 heavy (non-hydrogen) atoms. The zero-order valence-electron chi connectivity index (χ0n) is 11.5. The molecule has 0 bridgehead atoms. The van der Waals surface area contributed by atoms with E-state index in [4.69, 9.17) is 0 Å². The highest BCUT2D eigenvalue weighted by atomic mass is 32.2. The fourth-order valence-corrected chi connectivity index (χ4v) is 2.87. The number of sulfonamides is 1. The van der Waals surface area contributed by atoms with Crippen LogP contribution in [0.4, 0.5) is 28.9 Å². The number of anilines is 1. The second kappa shape index (κ2) is 6.07. The fourth-order valence-electron chi connectivity index (χ4n) is 1.78. The molecule has 2 aromatic carbocycles. The van der Waals surface area contributed by atoms with E-state index in [0.717, 1.165) is 30.3 Å². The second-order valence-corrected chi connectivity index (χ2v) is 6.23. The minimum Gasteiger partial charge on any atom is -0.280 e. The van der Waals surface area contributed by atoms with E-state index < -0.39 is 48.8 Å². The zero-order valence-corrected chi connectivity index (χ0v) is 12.4. The highest BCUT2D eigenvalue weighted by Crippen LogP contribution is 2.33. The summed E-state index contributed by atoms with van der Waals surface area (Å²) in [6.07, 6.45) is -5.00. The predicted octanol–water partition coefficient (Wildman–Crippen LogP) is 3.55. The van der Waals surface area contributed by atoms with Gasteiger partial charge in [-0.05, 0) is 24.3 Å². The minimum atomic E-state index is -5.00. The first-order chi connectivity index (χ1) is 11.0. The Kier molecular flexibility index (Phi) is 4.47. The van der Waals surface area contributed by atoms with Gasteiger partial charge in [0.1, 0.15) is 5.82 Å². The summed E-state index contributed by atoms with van der Waals surface area (Å²) in [4.78, 5) is 9.31. The monoisotopic (exact) mass is 364 g/mol. The summed E-state index contributed by atoms with van der Waals surface area (Å²) in [6, 6.07) is 5.51. The van der Waals surface area contributed by atoms with Crippen LogP contribution < -0.4 is 4.72 Å². The molecule has 0 unspecified atom stereocenters. The van der Waals surface area contributed by atoms with Gasteiger partial charge in [0, 0.05) is 17.8 Å². The van der Waals surface area contributed by atoms with Gasteiger partial charge >= 0.3 is 6.18 Å². The lowest BCUT2D eigenvalue weighted by molar-refractivity contribution is -0.385. The number of halogens is 4. The van der Waals surface area contributed by atoms with Gasteiger partial charge in [0.15, 0.2) is 0 Å². The Morgan fingerprint density at radius 3 is 2.33 bits per heavy atom. The Balaban J connectivity index is 2.40.